The van der Waals surface area contributed by atoms with Crippen LogP contribution >= 0.6 is 11.8 Å². The van der Waals surface area contributed by atoms with E-state index < -0.39 is 0 Å². The van der Waals surface area contributed by atoms with Gasteiger partial charge in [-0.1, -0.05) is 12.1 Å². The molecule has 1 fully saturated rings. The van der Waals surface area contributed by atoms with Crippen LogP contribution in [0, 0.1) is 0 Å². The fourth-order valence-corrected chi connectivity index (χ4v) is 2.78. The van der Waals surface area contributed by atoms with Gasteiger partial charge in [0.2, 0.25) is 0 Å². The lowest BCUT2D eigenvalue weighted by Crippen LogP contribution is -2.23. The lowest BCUT2D eigenvalue weighted by atomic mass is 10.3. The zero-order valence-electron chi connectivity index (χ0n) is 8.20. The molecule has 0 aliphatic carbocycles. The van der Waals surface area contributed by atoms with E-state index in [1.165, 1.54) is 24.3 Å². The Balaban J connectivity index is 1.88. The molecule has 0 bridgehead atoms. The summed E-state index contributed by atoms with van der Waals surface area (Å²) in [5.74, 6) is 1.13. The number of nitrogens with two attached hydrogens (primary N) is 1. The Morgan fingerprint density at radius 1 is 1.43 bits per heavy atom. The minimum Gasteiger partial charge on any atom is -0.398 e. The topological polar surface area (TPSA) is 38.0 Å². The van der Waals surface area contributed by atoms with Crippen LogP contribution in [0.25, 0.3) is 0 Å². The van der Waals surface area contributed by atoms with E-state index in [1.54, 1.807) is 0 Å². The van der Waals surface area contributed by atoms with E-state index in [0.29, 0.717) is 6.04 Å². The largest absolute Gasteiger partial charge is 0.398 e. The van der Waals surface area contributed by atoms with E-state index in [9.17, 15) is 0 Å². The number of hydrogen-bond acceptors (Lipinski definition) is 3. The zero-order chi connectivity index (χ0) is 9.80. The molecule has 0 unspecified atom stereocenters. The van der Waals surface area contributed by atoms with Crippen molar-refractivity contribution in [3.63, 3.8) is 0 Å². The van der Waals surface area contributed by atoms with E-state index in [1.807, 2.05) is 30.0 Å². The molecule has 1 aliphatic heterocycles. The Bertz CT molecular complexity index is 295. The van der Waals surface area contributed by atoms with Gasteiger partial charge in [-0.15, -0.1) is 11.8 Å². The molecule has 1 heterocycles. The number of nitrogens with one attached hydrogen (secondary N) is 1. The number of anilines is 1. The molecule has 0 amide bonds. The second-order valence-corrected chi connectivity index (χ2v) is 4.70. The number of hydrogen-bond donors (Lipinski definition) is 2. The highest BCUT2D eigenvalue weighted by molar-refractivity contribution is 7.99. The van der Waals surface area contributed by atoms with Crippen molar-refractivity contribution < 1.29 is 0 Å². The SMILES string of the molecule is Nc1ccccc1SC[C@@H]1CCCN1. The fraction of sp³-hybridized carbons (Fsp3) is 0.455. The molecule has 2 rings (SSSR count). The maximum atomic E-state index is 5.86. The lowest BCUT2D eigenvalue weighted by Gasteiger charge is -2.10. The third-order valence-corrected chi connectivity index (χ3v) is 3.77. The molecule has 3 heteroatoms. The van der Waals surface area contributed by atoms with Gasteiger partial charge in [-0.05, 0) is 31.5 Å². The average molecular weight is 208 g/mol. The second-order valence-electron chi connectivity index (χ2n) is 3.64. The van der Waals surface area contributed by atoms with Crippen LogP contribution in [-0.4, -0.2) is 18.3 Å². The molecule has 14 heavy (non-hydrogen) atoms. The predicted octanol–water partition coefficient (Wildman–Crippen LogP) is 2.11. The van der Waals surface area contributed by atoms with Crippen LogP contribution in [0.5, 0.6) is 0 Å². The van der Waals surface area contributed by atoms with E-state index >= 15 is 0 Å². The van der Waals surface area contributed by atoms with Gasteiger partial charge >= 0.3 is 0 Å². The standard InChI is InChI=1S/C11H16N2S/c12-10-5-1-2-6-11(10)14-8-9-4-3-7-13-9/h1-2,5-6,9,13H,3-4,7-8,12H2/t9-/m0/s1. The van der Waals surface area contributed by atoms with Crippen molar-refractivity contribution >= 4 is 17.4 Å². The van der Waals surface area contributed by atoms with Crippen LogP contribution in [0.15, 0.2) is 29.2 Å². The Kier molecular flexibility index (Phi) is 3.32. The van der Waals surface area contributed by atoms with Crippen molar-refractivity contribution in [2.45, 2.75) is 23.8 Å². The molecule has 1 aromatic rings. The second kappa shape index (κ2) is 4.71. The first-order valence-electron chi connectivity index (χ1n) is 5.07. The van der Waals surface area contributed by atoms with E-state index in [0.717, 1.165) is 11.4 Å². The minimum atomic E-state index is 0.680. The third-order valence-electron chi connectivity index (χ3n) is 2.52. The first-order chi connectivity index (χ1) is 6.86. The molecule has 0 spiro atoms. The quantitative estimate of drug-likeness (QED) is 0.590. The van der Waals surface area contributed by atoms with Crippen molar-refractivity contribution in [1.29, 1.82) is 0 Å². The lowest BCUT2D eigenvalue weighted by molar-refractivity contribution is 0.674. The number of thioether (sulfide) groups is 1. The Morgan fingerprint density at radius 3 is 3.00 bits per heavy atom. The van der Waals surface area contributed by atoms with E-state index in [-0.39, 0.29) is 0 Å². The number of para-hydroxylation sites is 1. The summed E-state index contributed by atoms with van der Waals surface area (Å²) in [7, 11) is 0. The van der Waals surface area contributed by atoms with Crippen LogP contribution in [-0.2, 0) is 0 Å². The highest BCUT2D eigenvalue weighted by atomic mass is 32.2. The van der Waals surface area contributed by atoms with Gasteiger partial charge in [0.15, 0.2) is 0 Å². The smallest absolute Gasteiger partial charge is 0.0452 e. The molecule has 0 aromatic heterocycles. The molecule has 0 radical (unpaired) electrons. The molecule has 1 aromatic carbocycles. The first-order valence-corrected chi connectivity index (χ1v) is 6.05. The summed E-state index contributed by atoms with van der Waals surface area (Å²) in [6.07, 6.45) is 2.62. The van der Waals surface area contributed by atoms with Gasteiger partial charge in [0.1, 0.15) is 0 Å². The van der Waals surface area contributed by atoms with Crippen LogP contribution < -0.4 is 11.1 Å². The van der Waals surface area contributed by atoms with E-state index in [4.69, 9.17) is 5.73 Å². The normalized spacial score (nSPS) is 21.3. The van der Waals surface area contributed by atoms with Crippen molar-refractivity contribution in [2.75, 3.05) is 18.0 Å². The fourth-order valence-electron chi connectivity index (χ4n) is 1.70. The number of nitrogen functional groups attached to an aromatic ring is 1. The van der Waals surface area contributed by atoms with E-state index in [2.05, 4.69) is 11.4 Å². The van der Waals surface area contributed by atoms with Gasteiger partial charge in [0.05, 0.1) is 0 Å². The van der Waals surface area contributed by atoms with Crippen LogP contribution in [0.4, 0.5) is 5.69 Å². The van der Waals surface area contributed by atoms with Crippen molar-refractivity contribution in [3.8, 4) is 0 Å². The molecular formula is C11H16N2S. The van der Waals surface area contributed by atoms with Gasteiger partial charge in [0, 0.05) is 22.4 Å². The highest BCUT2D eigenvalue weighted by Gasteiger charge is 2.14. The van der Waals surface area contributed by atoms with Gasteiger partial charge in [-0.2, -0.15) is 0 Å². The summed E-state index contributed by atoms with van der Waals surface area (Å²) in [6.45, 7) is 1.18. The molecule has 1 aliphatic rings. The third kappa shape index (κ3) is 2.42. The summed E-state index contributed by atoms with van der Waals surface area (Å²) >= 11 is 1.86. The first kappa shape index (κ1) is 9.87. The molecular weight excluding hydrogens is 192 g/mol. The monoisotopic (exact) mass is 208 g/mol. The number of benzene rings is 1. The maximum Gasteiger partial charge on any atom is 0.0452 e. The van der Waals surface area contributed by atoms with Crippen molar-refractivity contribution in [3.05, 3.63) is 24.3 Å². The van der Waals surface area contributed by atoms with Gasteiger partial charge in [-0.3, -0.25) is 0 Å². The molecule has 2 nitrogen and oxygen atoms in total. The van der Waals surface area contributed by atoms with Crippen molar-refractivity contribution in [2.24, 2.45) is 0 Å². The predicted molar refractivity (Wildman–Crippen MR) is 62.6 cm³/mol. The molecule has 76 valence electrons. The molecule has 1 saturated heterocycles. The van der Waals surface area contributed by atoms with Gasteiger partial charge in [-0.25, -0.2) is 0 Å². The van der Waals surface area contributed by atoms with Crippen LogP contribution in [0.2, 0.25) is 0 Å². The molecule has 1 atom stereocenters. The van der Waals surface area contributed by atoms with Crippen LogP contribution in [0.3, 0.4) is 0 Å². The van der Waals surface area contributed by atoms with Crippen molar-refractivity contribution in [1.82, 2.24) is 5.32 Å². The molecule has 0 saturated carbocycles. The number of rotatable bonds is 3. The summed E-state index contributed by atoms with van der Waals surface area (Å²) in [5, 5.41) is 3.48. The summed E-state index contributed by atoms with van der Waals surface area (Å²) in [6, 6.07) is 8.76. The Hall–Kier alpha value is -0.670. The van der Waals surface area contributed by atoms with Gasteiger partial charge in [0.25, 0.3) is 0 Å². The molecule has 3 N–H and O–H groups in total. The summed E-state index contributed by atoms with van der Waals surface area (Å²) < 4.78 is 0. The highest BCUT2D eigenvalue weighted by Crippen LogP contribution is 2.26. The minimum absolute atomic E-state index is 0.680. The summed E-state index contributed by atoms with van der Waals surface area (Å²) in [4.78, 5) is 1.21. The van der Waals surface area contributed by atoms with Crippen LogP contribution in [0.1, 0.15) is 12.8 Å². The zero-order valence-corrected chi connectivity index (χ0v) is 9.02. The Morgan fingerprint density at radius 2 is 2.29 bits per heavy atom. The Labute approximate surface area is 89.3 Å². The van der Waals surface area contributed by atoms with Gasteiger partial charge < -0.3 is 11.1 Å². The summed E-state index contributed by atoms with van der Waals surface area (Å²) in [5.41, 5.74) is 6.76. The maximum absolute atomic E-state index is 5.86. The average Bonchev–Trinajstić information content (AvgIpc) is 2.69.